The number of para-hydroxylation sites is 1. The van der Waals surface area contributed by atoms with Crippen LogP contribution in [0.3, 0.4) is 0 Å². The van der Waals surface area contributed by atoms with Crippen molar-refractivity contribution in [1.29, 1.82) is 0 Å². The summed E-state index contributed by atoms with van der Waals surface area (Å²) in [6.07, 6.45) is 1.64. The van der Waals surface area contributed by atoms with E-state index in [9.17, 15) is 0 Å². The van der Waals surface area contributed by atoms with Gasteiger partial charge in [0.05, 0.1) is 28.4 Å². The Morgan fingerprint density at radius 2 is 2.12 bits per heavy atom. The topological polar surface area (TPSA) is 48.1 Å². The average molecular weight is 311 g/mol. The molecule has 2 N–H and O–H groups in total. The number of benzene rings is 1. The van der Waals surface area contributed by atoms with Gasteiger partial charge in [0.1, 0.15) is 10.8 Å². The number of aromatic nitrogens is 1. The van der Waals surface area contributed by atoms with Crippen LogP contribution < -0.4 is 10.5 Å². The minimum atomic E-state index is 0.640. The molecule has 0 radical (unpaired) electrons. The Morgan fingerprint density at radius 3 is 2.82 bits per heavy atom. The number of rotatable bonds is 3. The number of hydrogen-bond acceptors (Lipinski definition) is 4. The zero-order valence-corrected chi connectivity index (χ0v) is 11.6. The van der Waals surface area contributed by atoms with Crippen molar-refractivity contribution in [3.63, 3.8) is 0 Å². The van der Waals surface area contributed by atoms with Crippen LogP contribution in [0.5, 0.6) is 5.75 Å². The molecule has 0 unspecified atom stereocenters. The molecule has 1 aromatic heterocycles. The molecule has 2 rings (SSSR count). The minimum absolute atomic E-state index is 0.640. The second-order valence-corrected chi connectivity index (χ2v) is 5.19. The molecule has 0 bridgehead atoms. The van der Waals surface area contributed by atoms with Crippen molar-refractivity contribution in [1.82, 2.24) is 4.98 Å². The molecule has 0 saturated carbocycles. The molecule has 0 spiro atoms. The third kappa shape index (κ3) is 2.92. The molecule has 3 nitrogen and oxygen atoms in total. The van der Waals surface area contributed by atoms with Gasteiger partial charge in [0, 0.05) is 0 Å². The van der Waals surface area contributed by atoms with E-state index in [1.165, 1.54) is 11.8 Å². The minimum Gasteiger partial charge on any atom is -0.496 e. The summed E-state index contributed by atoms with van der Waals surface area (Å²) in [4.78, 5) is 5.31. The standard InChI is InChI=1S/C12H11BrN2OS/c1-16-10-4-2-3-5-11(10)17-12-9(13)6-8(14)7-15-12/h2-7H,14H2,1H3. The Bertz CT molecular complexity index is 534. The van der Waals surface area contributed by atoms with Gasteiger partial charge < -0.3 is 10.5 Å². The second-order valence-electron chi connectivity index (χ2n) is 3.31. The fraction of sp³-hybridized carbons (Fsp3) is 0.0833. The molecule has 0 saturated heterocycles. The Labute approximate surface area is 113 Å². The van der Waals surface area contributed by atoms with Crippen LogP contribution in [-0.2, 0) is 0 Å². The smallest absolute Gasteiger partial charge is 0.132 e. The quantitative estimate of drug-likeness (QED) is 0.941. The molecule has 2 aromatic rings. The predicted molar refractivity (Wildman–Crippen MR) is 73.5 cm³/mol. The van der Waals surface area contributed by atoms with E-state index < -0.39 is 0 Å². The Hall–Kier alpha value is -1.20. The lowest BCUT2D eigenvalue weighted by atomic mass is 10.3. The second kappa shape index (κ2) is 5.42. The van der Waals surface area contributed by atoms with Gasteiger partial charge in [-0.1, -0.05) is 23.9 Å². The first-order valence-corrected chi connectivity index (χ1v) is 6.53. The summed E-state index contributed by atoms with van der Waals surface area (Å²) in [5.41, 5.74) is 6.29. The maximum absolute atomic E-state index is 5.65. The third-order valence-corrected chi connectivity index (χ3v) is 4.05. The summed E-state index contributed by atoms with van der Waals surface area (Å²) >= 11 is 4.98. The molecule has 1 heterocycles. The van der Waals surface area contributed by atoms with Gasteiger partial charge in [0.15, 0.2) is 0 Å². The number of pyridine rings is 1. The van der Waals surface area contributed by atoms with E-state index >= 15 is 0 Å². The van der Waals surface area contributed by atoms with Crippen LogP contribution >= 0.6 is 27.7 Å². The van der Waals surface area contributed by atoms with Gasteiger partial charge in [-0.05, 0) is 34.1 Å². The highest BCUT2D eigenvalue weighted by atomic mass is 79.9. The van der Waals surface area contributed by atoms with Gasteiger partial charge in [-0.25, -0.2) is 4.98 Å². The molecular weight excluding hydrogens is 300 g/mol. The molecular formula is C12H11BrN2OS. The van der Waals surface area contributed by atoms with Crippen molar-refractivity contribution < 1.29 is 4.74 Å². The van der Waals surface area contributed by atoms with Crippen molar-refractivity contribution in [2.45, 2.75) is 9.92 Å². The van der Waals surface area contributed by atoms with Crippen molar-refractivity contribution >= 4 is 33.4 Å². The van der Waals surface area contributed by atoms with E-state index in [0.29, 0.717) is 5.69 Å². The van der Waals surface area contributed by atoms with Crippen LogP contribution in [0.25, 0.3) is 0 Å². The van der Waals surface area contributed by atoms with Crippen molar-refractivity contribution in [3.8, 4) is 5.75 Å². The van der Waals surface area contributed by atoms with Gasteiger partial charge in [-0.15, -0.1) is 0 Å². The maximum atomic E-state index is 5.65. The van der Waals surface area contributed by atoms with E-state index in [2.05, 4.69) is 20.9 Å². The fourth-order valence-corrected chi connectivity index (χ4v) is 2.80. The number of halogens is 1. The number of hydrogen-bond donors (Lipinski definition) is 1. The van der Waals surface area contributed by atoms with E-state index in [4.69, 9.17) is 10.5 Å². The summed E-state index contributed by atoms with van der Waals surface area (Å²) in [5.74, 6) is 0.836. The Kier molecular flexibility index (Phi) is 3.91. The van der Waals surface area contributed by atoms with Crippen LogP contribution in [0, 0.1) is 0 Å². The van der Waals surface area contributed by atoms with E-state index in [1.807, 2.05) is 30.3 Å². The van der Waals surface area contributed by atoms with Crippen LogP contribution in [-0.4, -0.2) is 12.1 Å². The summed E-state index contributed by atoms with van der Waals surface area (Å²) in [5, 5.41) is 0.865. The molecule has 0 amide bonds. The average Bonchev–Trinajstić information content (AvgIpc) is 2.33. The van der Waals surface area contributed by atoms with Crippen molar-refractivity contribution in [3.05, 3.63) is 41.0 Å². The summed E-state index contributed by atoms with van der Waals surface area (Å²) in [6, 6.07) is 9.66. The van der Waals surface area contributed by atoms with E-state index in [1.54, 1.807) is 13.3 Å². The van der Waals surface area contributed by atoms with E-state index in [0.717, 1.165) is 20.1 Å². The first-order chi connectivity index (χ1) is 8.20. The summed E-state index contributed by atoms with van der Waals surface area (Å²) < 4.78 is 6.18. The molecule has 0 aliphatic carbocycles. The zero-order chi connectivity index (χ0) is 12.3. The highest BCUT2D eigenvalue weighted by Crippen LogP contribution is 2.37. The monoisotopic (exact) mass is 310 g/mol. The van der Waals surface area contributed by atoms with E-state index in [-0.39, 0.29) is 0 Å². The lowest BCUT2D eigenvalue weighted by molar-refractivity contribution is 0.405. The SMILES string of the molecule is COc1ccccc1Sc1ncc(N)cc1Br. The molecule has 0 aliphatic rings. The highest BCUT2D eigenvalue weighted by Gasteiger charge is 2.08. The normalized spacial score (nSPS) is 10.2. The van der Waals surface area contributed by atoms with Gasteiger partial charge in [0.25, 0.3) is 0 Å². The summed E-state index contributed by atoms with van der Waals surface area (Å²) in [6.45, 7) is 0. The third-order valence-electron chi connectivity index (χ3n) is 2.10. The van der Waals surface area contributed by atoms with Crippen LogP contribution in [0.4, 0.5) is 5.69 Å². The lowest BCUT2D eigenvalue weighted by Crippen LogP contribution is -1.90. The number of methoxy groups -OCH3 is 1. The lowest BCUT2D eigenvalue weighted by Gasteiger charge is -2.08. The highest BCUT2D eigenvalue weighted by molar-refractivity contribution is 9.10. The van der Waals surface area contributed by atoms with Gasteiger partial charge in [-0.2, -0.15) is 0 Å². The van der Waals surface area contributed by atoms with Crippen LogP contribution in [0.1, 0.15) is 0 Å². The molecule has 88 valence electrons. The number of nitrogens with zero attached hydrogens (tertiary/aromatic N) is 1. The molecule has 5 heteroatoms. The molecule has 0 aliphatic heterocycles. The number of nitrogens with two attached hydrogens (primary N) is 1. The first-order valence-electron chi connectivity index (χ1n) is 4.92. The predicted octanol–water partition coefficient (Wildman–Crippen LogP) is 3.59. The molecule has 17 heavy (non-hydrogen) atoms. The number of ether oxygens (including phenoxy) is 1. The number of nitrogen functional groups attached to an aromatic ring is 1. The largest absolute Gasteiger partial charge is 0.496 e. The Balaban J connectivity index is 2.31. The number of anilines is 1. The van der Waals surface area contributed by atoms with Crippen LogP contribution in [0.2, 0.25) is 0 Å². The molecule has 0 fully saturated rings. The maximum Gasteiger partial charge on any atom is 0.132 e. The first kappa shape index (κ1) is 12.3. The molecule has 0 atom stereocenters. The van der Waals surface area contributed by atoms with Crippen LogP contribution in [0.15, 0.2) is 50.9 Å². The summed E-state index contributed by atoms with van der Waals surface area (Å²) in [7, 11) is 1.66. The molecule has 1 aromatic carbocycles. The van der Waals surface area contributed by atoms with Gasteiger partial charge >= 0.3 is 0 Å². The van der Waals surface area contributed by atoms with Gasteiger partial charge in [-0.3, -0.25) is 0 Å². The zero-order valence-electron chi connectivity index (χ0n) is 9.18. The van der Waals surface area contributed by atoms with Crippen molar-refractivity contribution in [2.24, 2.45) is 0 Å². The van der Waals surface area contributed by atoms with Gasteiger partial charge in [0.2, 0.25) is 0 Å². The fourth-order valence-electron chi connectivity index (χ4n) is 1.32. The Morgan fingerprint density at radius 1 is 1.35 bits per heavy atom. The van der Waals surface area contributed by atoms with Crippen molar-refractivity contribution in [2.75, 3.05) is 12.8 Å².